The minimum atomic E-state index is -0.125. The summed E-state index contributed by atoms with van der Waals surface area (Å²) in [6.45, 7) is 4.72. The number of benzene rings is 9. The summed E-state index contributed by atoms with van der Waals surface area (Å²) in [4.78, 5) is 2.46. The van der Waals surface area contributed by atoms with E-state index in [1.165, 1.54) is 55.2 Å². The van der Waals surface area contributed by atoms with Gasteiger partial charge in [0, 0.05) is 49.6 Å². The predicted octanol–water partition coefficient (Wildman–Crippen LogP) is 15.8. The van der Waals surface area contributed by atoms with Crippen LogP contribution in [0.1, 0.15) is 25.0 Å². The van der Waals surface area contributed by atoms with Crippen LogP contribution in [0.15, 0.2) is 211 Å². The zero-order valence-electron chi connectivity index (χ0n) is 33.4. The summed E-state index contributed by atoms with van der Waals surface area (Å²) in [5.74, 6) is 0. The number of nitrogens with zero attached hydrogens (tertiary/aromatic N) is 2. The maximum absolute atomic E-state index is 6.24. The average molecular weight is 769 g/mol. The third-order valence-corrected chi connectivity index (χ3v) is 12.8. The Morgan fingerprint density at radius 3 is 1.90 bits per heavy atom. The van der Waals surface area contributed by atoms with E-state index in [1.54, 1.807) is 0 Å². The molecule has 0 amide bonds. The monoisotopic (exact) mass is 768 g/mol. The smallest absolute Gasteiger partial charge is 0.136 e. The molecule has 0 bridgehead atoms. The van der Waals surface area contributed by atoms with Gasteiger partial charge in [-0.15, -0.1) is 0 Å². The molecule has 12 rings (SSSR count). The number of fused-ring (bicyclic) bond motifs is 9. The van der Waals surface area contributed by atoms with Crippen LogP contribution in [-0.4, -0.2) is 4.57 Å². The molecule has 60 heavy (non-hydrogen) atoms. The molecule has 0 fully saturated rings. The highest BCUT2D eigenvalue weighted by molar-refractivity contribution is 6.11. The molecule has 3 nitrogen and oxygen atoms in total. The lowest BCUT2D eigenvalue weighted by atomic mass is 9.82. The van der Waals surface area contributed by atoms with E-state index >= 15 is 0 Å². The van der Waals surface area contributed by atoms with Crippen LogP contribution in [-0.2, 0) is 5.41 Å². The van der Waals surface area contributed by atoms with Crippen molar-refractivity contribution >= 4 is 60.8 Å². The molecular weight excluding hydrogens is 729 g/mol. The highest BCUT2D eigenvalue weighted by atomic mass is 16.3. The first kappa shape index (κ1) is 34.4. The number of rotatable bonds is 6. The Labute approximate surface area is 349 Å². The third-order valence-electron chi connectivity index (χ3n) is 12.8. The van der Waals surface area contributed by atoms with Crippen LogP contribution < -0.4 is 4.90 Å². The molecule has 1 aliphatic rings. The number of hydrogen-bond acceptors (Lipinski definition) is 2. The van der Waals surface area contributed by atoms with Gasteiger partial charge in [0.15, 0.2) is 0 Å². The highest BCUT2D eigenvalue weighted by Gasteiger charge is 2.36. The lowest BCUT2D eigenvalue weighted by Crippen LogP contribution is -2.16. The van der Waals surface area contributed by atoms with Gasteiger partial charge in [-0.2, -0.15) is 0 Å². The lowest BCUT2D eigenvalue weighted by molar-refractivity contribution is 0.660. The molecule has 9 aromatic carbocycles. The minimum absolute atomic E-state index is 0.125. The van der Waals surface area contributed by atoms with E-state index in [4.69, 9.17) is 4.42 Å². The van der Waals surface area contributed by atoms with Crippen molar-refractivity contribution < 1.29 is 4.42 Å². The van der Waals surface area contributed by atoms with E-state index in [2.05, 4.69) is 217 Å². The van der Waals surface area contributed by atoms with E-state index in [9.17, 15) is 0 Å². The molecule has 2 aromatic heterocycles. The summed E-state index contributed by atoms with van der Waals surface area (Å²) in [6.07, 6.45) is 0. The van der Waals surface area contributed by atoms with Crippen molar-refractivity contribution in [3.05, 3.63) is 217 Å². The molecule has 3 heteroatoms. The summed E-state index contributed by atoms with van der Waals surface area (Å²) in [6, 6.07) is 75.0. The highest BCUT2D eigenvalue weighted by Crippen LogP contribution is 2.51. The SMILES string of the molecule is CC1(C)c2ccccc2-c2ccc(N(c3ccc4c(c3)c3ccccc3n4-c3ccc(-c4ccc5c(c4)oc4ccccc45)cc3)c3ccccc3-c3ccccc3)cc21. The van der Waals surface area contributed by atoms with E-state index < -0.39 is 0 Å². The fraction of sp³-hybridized carbons (Fsp3) is 0.0526. The van der Waals surface area contributed by atoms with Crippen LogP contribution in [0.2, 0.25) is 0 Å². The van der Waals surface area contributed by atoms with Crippen molar-refractivity contribution in [2.75, 3.05) is 4.90 Å². The molecule has 1 aliphatic carbocycles. The second kappa shape index (κ2) is 13.2. The van der Waals surface area contributed by atoms with Gasteiger partial charge in [-0.3, -0.25) is 0 Å². The number of hydrogen-bond donors (Lipinski definition) is 0. The number of furan rings is 1. The Morgan fingerprint density at radius 2 is 1.03 bits per heavy atom. The van der Waals surface area contributed by atoms with E-state index in [-0.39, 0.29) is 5.41 Å². The van der Waals surface area contributed by atoms with Crippen molar-refractivity contribution in [2.24, 2.45) is 0 Å². The van der Waals surface area contributed by atoms with Gasteiger partial charge >= 0.3 is 0 Å². The van der Waals surface area contributed by atoms with Crippen LogP contribution in [0.25, 0.3) is 82.8 Å². The molecule has 0 saturated carbocycles. The normalized spacial score (nSPS) is 13.0. The van der Waals surface area contributed by atoms with Crippen LogP contribution >= 0.6 is 0 Å². The summed E-state index contributed by atoms with van der Waals surface area (Å²) >= 11 is 0. The average Bonchev–Trinajstić information content (AvgIpc) is 3.92. The molecule has 0 atom stereocenters. The topological polar surface area (TPSA) is 21.3 Å². The van der Waals surface area contributed by atoms with Gasteiger partial charge in [-0.25, -0.2) is 0 Å². The number of para-hydroxylation sites is 3. The largest absolute Gasteiger partial charge is 0.456 e. The van der Waals surface area contributed by atoms with Gasteiger partial charge in [-0.05, 0) is 112 Å². The Morgan fingerprint density at radius 1 is 0.400 bits per heavy atom. The van der Waals surface area contributed by atoms with Gasteiger partial charge in [-0.1, -0.05) is 147 Å². The van der Waals surface area contributed by atoms with Crippen molar-refractivity contribution in [3.63, 3.8) is 0 Å². The second-order valence-electron chi connectivity index (χ2n) is 16.5. The molecule has 0 aliphatic heterocycles. The molecule has 0 unspecified atom stereocenters. The molecule has 0 spiro atoms. The van der Waals surface area contributed by atoms with Gasteiger partial charge in [0.1, 0.15) is 11.2 Å². The standard InChI is InChI=1S/C57H40N2O/c1-57(2)50-20-10-6-17-44(50)45-32-29-42(36-51(45)57)58(52-21-11-7-16-43(52)38-14-4-3-5-15-38)41-30-33-54-49(35-41)46-18-8-12-22-53(46)59(54)40-27-24-37(25-28-40)39-26-31-48-47-19-9-13-23-55(47)60-56(48)34-39/h3-36H,1-2H3. The van der Waals surface area contributed by atoms with Gasteiger partial charge in [0.05, 0.1) is 16.7 Å². The quantitative estimate of drug-likeness (QED) is 0.168. The first-order valence-electron chi connectivity index (χ1n) is 20.8. The number of anilines is 3. The van der Waals surface area contributed by atoms with Crippen LogP contribution in [0, 0.1) is 0 Å². The molecule has 284 valence electrons. The summed E-state index contributed by atoms with van der Waals surface area (Å²) in [7, 11) is 0. The Kier molecular flexibility index (Phi) is 7.58. The van der Waals surface area contributed by atoms with Crippen LogP contribution in [0.4, 0.5) is 17.1 Å². The van der Waals surface area contributed by atoms with E-state index in [0.717, 1.165) is 55.8 Å². The first-order chi connectivity index (χ1) is 29.5. The summed E-state index contributed by atoms with van der Waals surface area (Å²) in [5.41, 5.74) is 18.6. The molecule has 0 radical (unpaired) electrons. The zero-order valence-corrected chi connectivity index (χ0v) is 33.4. The number of aromatic nitrogens is 1. The molecule has 0 N–H and O–H groups in total. The van der Waals surface area contributed by atoms with Crippen molar-refractivity contribution in [3.8, 4) is 39.1 Å². The molecular formula is C57H40N2O. The van der Waals surface area contributed by atoms with Gasteiger partial charge in [0.25, 0.3) is 0 Å². The van der Waals surface area contributed by atoms with Crippen molar-refractivity contribution in [1.82, 2.24) is 4.57 Å². The van der Waals surface area contributed by atoms with Crippen LogP contribution in [0.5, 0.6) is 0 Å². The van der Waals surface area contributed by atoms with Crippen molar-refractivity contribution in [2.45, 2.75) is 19.3 Å². The fourth-order valence-electron chi connectivity index (χ4n) is 9.88. The zero-order chi connectivity index (χ0) is 40.0. The maximum Gasteiger partial charge on any atom is 0.136 e. The predicted molar refractivity (Wildman–Crippen MR) is 251 cm³/mol. The van der Waals surface area contributed by atoms with Crippen LogP contribution in [0.3, 0.4) is 0 Å². The molecule has 11 aromatic rings. The Hall–Kier alpha value is -7.62. The Bertz CT molecular complexity index is 3460. The van der Waals surface area contributed by atoms with E-state index in [0.29, 0.717) is 0 Å². The first-order valence-corrected chi connectivity index (χ1v) is 20.8. The van der Waals surface area contributed by atoms with Crippen molar-refractivity contribution in [1.29, 1.82) is 0 Å². The summed E-state index contributed by atoms with van der Waals surface area (Å²) in [5, 5.41) is 4.71. The van der Waals surface area contributed by atoms with Gasteiger partial charge in [0.2, 0.25) is 0 Å². The maximum atomic E-state index is 6.24. The second-order valence-corrected chi connectivity index (χ2v) is 16.5. The molecule has 2 heterocycles. The van der Waals surface area contributed by atoms with Gasteiger partial charge < -0.3 is 13.9 Å². The fourth-order valence-corrected chi connectivity index (χ4v) is 9.88. The third kappa shape index (κ3) is 5.22. The molecule has 0 saturated heterocycles. The minimum Gasteiger partial charge on any atom is -0.456 e. The van der Waals surface area contributed by atoms with E-state index in [1.807, 2.05) is 12.1 Å². The lowest BCUT2D eigenvalue weighted by Gasteiger charge is -2.30. The summed E-state index contributed by atoms with van der Waals surface area (Å²) < 4.78 is 8.64. The Balaban J connectivity index is 1.01.